The SMILES string of the molecule is Cc1nnnn1/C(=C\c1ccccc1)C(=O)N=c1sc2ccccc2n1C. The Hall–Kier alpha value is -3.39. The molecule has 4 aromatic rings. The molecule has 4 rings (SSSR count). The Morgan fingerprint density at radius 2 is 1.85 bits per heavy atom. The van der Waals surface area contributed by atoms with Gasteiger partial charge in [-0.1, -0.05) is 53.8 Å². The van der Waals surface area contributed by atoms with E-state index < -0.39 is 5.91 Å². The van der Waals surface area contributed by atoms with Gasteiger partial charge >= 0.3 is 0 Å². The molecule has 2 aromatic carbocycles. The molecule has 0 aliphatic rings. The summed E-state index contributed by atoms with van der Waals surface area (Å²) < 4.78 is 4.38. The third-order valence-corrected chi connectivity index (χ3v) is 5.20. The number of aromatic nitrogens is 5. The first kappa shape index (κ1) is 17.0. The number of nitrogens with zero attached hydrogens (tertiary/aromatic N) is 6. The summed E-state index contributed by atoms with van der Waals surface area (Å²) in [7, 11) is 1.90. The molecule has 0 bridgehead atoms. The predicted molar refractivity (Wildman–Crippen MR) is 105 cm³/mol. The van der Waals surface area contributed by atoms with Crippen molar-refractivity contribution in [1.29, 1.82) is 0 Å². The number of rotatable bonds is 3. The number of para-hydroxylation sites is 1. The van der Waals surface area contributed by atoms with Crippen molar-refractivity contribution in [2.75, 3.05) is 0 Å². The molecule has 0 aliphatic heterocycles. The number of benzene rings is 2. The molecule has 7 nitrogen and oxygen atoms in total. The molecular weight excluding hydrogens is 360 g/mol. The minimum absolute atomic E-state index is 0.293. The monoisotopic (exact) mass is 376 g/mol. The first-order chi connectivity index (χ1) is 13.1. The van der Waals surface area contributed by atoms with Gasteiger partial charge in [0.25, 0.3) is 5.91 Å². The topological polar surface area (TPSA) is 78.0 Å². The summed E-state index contributed by atoms with van der Waals surface area (Å²) in [5.74, 6) is 0.109. The van der Waals surface area contributed by atoms with Gasteiger partial charge in [-0.15, -0.1) is 5.10 Å². The minimum Gasteiger partial charge on any atom is -0.319 e. The van der Waals surface area contributed by atoms with Crippen molar-refractivity contribution in [1.82, 2.24) is 24.8 Å². The first-order valence-electron chi connectivity index (χ1n) is 8.29. The second kappa shape index (κ2) is 7.08. The van der Waals surface area contributed by atoms with Crippen LogP contribution in [0.5, 0.6) is 0 Å². The van der Waals surface area contributed by atoms with Gasteiger partial charge in [-0.3, -0.25) is 4.79 Å². The molecular formula is C19H16N6OS. The van der Waals surface area contributed by atoms with Crippen molar-refractivity contribution in [3.05, 3.63) is 70.8 Å². The van der Waals surface area contributed by atoms with Crippen LogP contribution in [0.1, 0.15) is 11.4 Å². The Labute approximate surface area is 158 Å². The van der Waals surface area contributed by atoms with Crippen LogP contribution in [-0.4, -0.2) is 30.7 Å². The van der Waals surface area contributed by atoms with Crippen molar-refractivity contribution in [2.24, 2.45) is 12.0 Å². The third-order valence-electron chi connectivity index (χ3n) is 4.09. The van der Waals surface area contributed by atoms with Crippen molar-refractivity contribution in [3.63, 3.8) is 0 Å². The molecule has 0 radical (unpaired) electrons. The van der Waals surface area contributed by atoms with Crippen LogP contribution in [0.25, 0.3) is 22.0 Å². The fourth-order valence-electron chi connectivity index (χ4n) is 2.71. The zero-order valence-corrected chi connectivity index (χ0v) is 15.6. The Kier molecular flexibility index (Phi) is 4.47. The Morgan fingerprint density at radius 1 is 1.11 bits per heavy atom. The van der Waals surface area contributed by atoms with Crippen LogP contribution in [0, 0.1) is 6.92 Å². The molecule has 1 amide bonds. The number of carbonyl (C=O) groups excluding carboxylic acids is 1. The maximum absolute atomic E-state index is 13.0. The van der Waals surface area contributed by atoms with Gasteiger partial charge in [0.15, 0.2) is 10.6 Å². The zero-order chi connectivity index (χ0) is 18.8. The summed E-state index contributed by atoms with van der Waals surface area (Å²) in [5, 5.41) is 11.5. The van der Waals surface area contributed by atoms with Gasteiger partial charge in [0.05, 0.1) is 10.2 Å². The Morgan fingerprint density at radius 3 is 2.56 bits per heavy atom. The average Bonchev–Trinajstić information content (AvgIpc) is 3.24. The lowest BCUT2D eigenvalue weighted by Gasteiger charge is -2.04. The smallest absolute Gasteiger partial charge is 0.298 e. The average molecular weight is 376 g/mol. The molecule has 134 valence electrons. The standard InChI is InChI=1S/C19H16N6OS/c1-13-21-22-23-25(13)16(12-14-8-4-3-5-9-14)18(26)20-19-24(2)15-10-6-7-11-17(15)27-19/h3-12H,1-2H3/b16-12-,20-19?. The van der Waals surface area contributed by atoms with Crippen LogP contribution in [-0.2, 0) is 11.8 Å². The molecule has 0 fully saturated rings. The molecule has 0 saturated carbocycles. The number of fused-ring (bicyclic) bond motifs is 1. The van der Waals surface area contributed by atoms with E-state index in [1.165, 1.54) is 16.0 Å². The Balaban J connectivity index is 1.85. The predicted octanol–water partition coefficient (Wildman–Crippen LogP) is 2.66. The molecule has 0 spiro atoms. The highest BCUT2D eigenvalue weighted by Gasteiger charge is 2.16. The van der Waals surface area contributed by atoms with Crippen LogP contribution in [0.15, 0.2) is 59.6 Å². The molecule has 2 aromatic heterocycles. The van der Waals surface area contributed by atoms with Crippen LogP contribution >= 0.6 is 11.3 Å². The van der Waals surface area contributed by atoms with E-state index in [0.717, 1.165) is 15.8 Å². The molecule has 0 saturated heterocycles. The zero-order valence-electron chi connectivity index (χ0n) is 14.8. The number of aryl methyl sites for hydroxylation is 2. The quantitative estimate of drug-likeness (QED) is 0.515. The summed E-state index contributed by atoms with van der Waals surface area (Å²) >= 11 is 1.46. The highest BCUT2D eigenvalue weighted by molar-refractivity contribution is 7.16. The van der Waals surface area contributed by atoms with E-state index in [-0.39, 0.29) is 0 Å². The van der Waals surface area contributed by atoms with E-state index in [0.29, 0.717) is 16.3 Å². The van der Waals surface area contributed by atoms with E-state index in [1.807, 2.05) is 66.2 Å². The second-order valence-electron chi connectivity index (χ2n) is 5.91. The summed E-state index contributed by atoms with van der Waals surface area (Å²) in [6.45, 7) is 1.74. The largest absolute Gasteiger partial charge is 0.319 e. The number of hydrogen-bond acceptors (Lipinski definition) is 5. The summed E-state index contributed by atoms with van der Waals surface area (Å²) in [5.41, 5.74) is 2.19. The fourth-order valence-corrected chi connectivity index (χ4v) is 3.72. The molecule has 0 aliphatic carbocycles. The van der Waals surface area contributed by atoms with Gasteiger partial charge in [0, 0.05) is 7.05 Å². The molecule has 2 heterocycles. The van der Waals surface area contributed by atoms with Gasteiger partial charge in [0.2, 0.25) is 0 Å². The van der Waals surface area contributed by atoms with Crippen LogP contribution in [0.3, 0.4) is 0 Å². The van der Waals surface area contributed by atoms with E-state index in [2.05, 4.69) is 20.5 Å². The van der Waals surface area contributed by atoms with Gasteiger partial charge in [-0.05, 0) is 41.1 Å². The highest BCUT2D eigenvalue weighted by atomic mass is 32.1. The van der Waals surface area contributed by atoms with E-state index in [1.54, 1.807) is 13.0 Å². The maximum Gasteiger partial charge on any atom is 0.298 e. The van der Waals surface area contributed by atoms with Gasteiger partial charge in [-0.25, -0.2) is 0 Å². The normalized spacial score (nSPS) is 12.7. The lowest BCUT2D eigenvalue weighted by Crippen LogP contribution is -2.17. The Bertz CT molecular complexity index is 1220. The molecule has 0 atom stereocenters. The number of carbonyl (C=O) groups is 1. The van der Waals surface area contributed by atoms with Gasteiger partial charge in [-0.2, -0.15) is 9.67 Å². The second-order valence-corrected chi connectivity index (χ2v) is 6.92. The van der Waals surface area contributed by atoms with Crippen molar-refractivity contribution in [3.8, 4) is 0 Å². The van der Waals surface area contributed by atoms with Crippen LogP contribution in [0.2, 0.25) is 0 Å². The number of amides is 1. The molecule has 27 heavy (non-hydrogen) atoms. The van der Waals surface area contributed by atoms with Crippen molar-refractivity contribution < 1.29 is 4.79 Å². The van der Waals surface area contributed by atoms with Gasteiger partial charge < -0.3 is 4.57 Å². The summed E-state index contributed by atoms with van der Waals surface area (Å²) in [6, 6.07) is 17.5. The minimum atomic E-state index is -0.406. The van der Waals surface area contributed by atoms with Crippen molar-refractivity contribution >= 4 is 39.2 Å². The van der Waals surface area contributed by atoms with Crippen molar-refractivity contribution in [2.45, 2.75) is 6.92 Å². The van der Waals surface area contributed by atoms with Gasteiger partial charge in [0.1, 0.15) is 5.70 Å². The first-order valence-corrected chi connectivity index (χ1v) is 9.11. The third kappa shape index (κ3) is 3.34. The highest BCUT2D eigenvalue weighted by Crippen LogP contribution is 2.17. The number of hydrogen-bond donors (Lipinski definition) is 0. The lowest BCUT2D eigenvalue weighted by atomic mass is 10.2. The number of tetrazole rings is 1. The summed E-state index contributed by atoms with van der Waals surface area (Å²) in [6.07, 6.45) is 1.74. The molecule has 8 heteroatoms. The molecule has 0 N–H and O–H groups in total. The maximum atomic E-state index is 13.0. The van der Waals surface area contributed by atoms with E-state index in [4.69, 9.17) is 0 Å². The van der Waals surface area contributed by atoms with Crippen LogP contribution in [0.4, 0.5) is 0 Å². The molecule has 0 unspecified atom stereocenters. The van der Waals surface area contributed by atoms with E-state index in [9.17, 15) is 4.79 Å². The number of thiazole rings is 1. The lowest BCUT2D eigenvalue weighted by molar-refractivity contribution is -0.113. The fraction of sp³-hybridized carbons (Fsp3) is 0.105. The van der Waals surface area contributed by atoms with E-state index >= 15 is 0 Å². The summed E-state index contributed by atoms with van der Waals surface area (Å²) in [4.78, 5) is 18.0. The van der Waals surface area contributed by atoms with Crippen LogP contribution < -0.4 is 4.80 Å².